The van der Waals surface area contributed by atoms with Crippen LogP contribution >= 0.6 is 0 Å². The van der Waals surface area contributed by atoms with E-state index in [2.05, 4.69) is 0 Å². The van der Waals surface area contributed by atoms with Gasteiger partial charge in [-0.15, -0.1) is 0 Å². The van der Waals surface area contributed by atoms with Gasteiger partial charge >= 0.3 is 11.9 Å². The van der Waals surface area contributed by atoms with Crippen molar-refractivity contribution in [1.82, 2.24) is 0 Å². The van der Waals surface area contributed by atoms with Crippen LogP contribution in [0.25, 0.3) is 0 Å². The molecule has 0 bridgehead atoms. The number of allylic oxidation sites excluding steroid dienone is 1. The Morgan fingerprint density at radius 3 is 2.76 bits per heavy atom. The van der Waals surface area contributed by atoms with Crippen LogP contribution in [0.3, 0.4) is 0 Å². The predicted molar refractivity (Wildman–Crippen MR) is 92.1 cm³/mol. The van der Waals surface area contributed by atoms with Gasteiger partial charge in [-0.05, 0) is 62.5 Å². The molecule has 0 spiro atoms. The fraction of sp³-hybridized carbons (Fsp3) is 0.600. The summed E-state index contributed by atoms with van der Waals surface area (Å²) in [5.41, 5.74) is 2.26. The van der Waals surface area contributed by atoms with Crippen LogP contribution in [0.15, 0.2) is 22.3 Å². The summed E-state index contributed by atoms with van der Waals surface area (Å²) in [6, 6.07) is 0. The molecule has 0 aliphatic heterocycles. The van der Waals surface area contributed by atoms with Crippen LogP contribution in [0.4, 0.5) is 0 Å². The number of carboxylic acids is 1. The van der Waals surface area contributed by atoms with Gasteiger partial charge in [0.15, 0.2) is 0 Å². The Hall–Kier alpha value is -2.04. The Labute approximate surface area is 148 Å². The lowest BCUT2D eigenvalue weighted by Gasteiger charge is -2.50. The third-order valence-electron chi connectivity index (χ3n) is 6.27. The molecule has 0 amide bonds. The molecule has 0 unspecified atom stereocenters. The highest BCUT2D eigenvalue weighted by Crippen LogP contribution is 2.53. The first kappa shape index (κ1) is 17.8. The molecule has 1 N–H and O–H groups in total. The first-order valence-corrected chi connectivity index (χ1v) is 8.90. The average Bonchev–Trinajstić information content (AvgIpc) is 2.90. The summed E-state index contributed by atoms with van der Waals surface area (Å²) in [4.78, 5) is 24.3. The van der Waals surface area contributed by atoms with Gasteiger partial charge in [0.1, 0.15) is 11.9 Å². The molecule has 0 radical (unpaired) electrons. The summed E-state index contributed by atoms with van der Waals surface area (Å²) in [5, 5.41) is 9.96. The molecule has 4 atom stereocenters. The summed E-state index contributed by atoms with van der Waals surface area (Å²) < 4.78 is 11.3. The largest absolute Gasteiger partial charge is 0.481 e. The van der Waals surface area contributed by atoms with Crippen molar-refractivity contribution in [3.63, 3.8) is 0 Å². The van der Waals surface area contributed by atoms with Gasteiger partial charge in [0.2, 0.25) is 0 Å². The van der Waals surface area contributed by atoms with E-state index in [9.17, 15) is 14.7 Å². The van der Waals surface area contributed by atoms with Crippen molar-refractivity contribution in [1.29, 1.82) is 0 Å². The first-order chi connectivity index (χ1) is 11.8. The minimum atomic E-state index is -0.882. The third-order valence-corrected chi connectivity index (χ3v) is 6.27. The Morgan fingerprint density at radius 2 is 2.12 bits per heavy atom. The third kappa shape index (κ3) is 2.90. The molecule has 0 saturated heterocycles. The highest BCUT2D eigenvalue weighted by molar-refractivity contribution is 5.88. The van der Waals surface area contributed by atoms with E-state index >= 15 is 0 Å². The van der Waals surface area contributed by atoms with Crippen molar-refractivity contribution < 1.29 is 23.8 Å². The number of esters is 1. The number of carbonyl (C=O) groups excluding carboxylic acids is 1. The van der Waals surface area contributed by atoms with Crippen LogP contribution in [0.1, 0.15) is 50.5 Å². The SMILES string of the molecule is C/C=C(/C)C(=O)O[C@H]1CC[C@@H]2Cc3occ(C)c3C[C@]2(C)[C@H]1C(=O)O. The maximum Gasteiger partial charge on any atom is 0.333 e. The summed E-state index contributed by atoms with van der Waals surface area (Å²) in [7, 11) is 0. The minimum absolute atomic E-state index is 0.226. The van der Waals surface area contributed by atoms with Crippen LogP contribution in [-0.4, -0.2) is 23.1 Å². The van der Waals surface area contributed by atoms with Gasteiger partial charge < -0.3 is 14.3 Å². The van der Waals surface area contributed by atoms with E-state index in [1.54, 1.807) is 26.2 Å². The number of carbonyl (C=O) groups is 2. The fourth-order valence-corrected chi connectivity index (χ4v) is 4.58. The van der Waals surface area contributed by atoms with E-state index in [0.29, 0.717) is 18.4 Å². The lowest BCUT2D eigenvalue weighted by atomic mass is 9.54. The number of hydrogen-bond acceptors (Lipinski definition) is 4. The van der Waals surface area contributed by atoms with Crippen molar-refractivity contribution >= 4 is 11.9 Å². The molecule has 0 aromatic carbocycles. The Balaban J connectivity index is 1.93. The van der Waals surface area contributed by atoms with Crippen LogP contribution in [0.5, 0.6) is 0 Å². The molecular formula is C20H26O5. The van der Waals surface area contributed by atoms with E-state index < -0.39 is 29.4 Å². The second-order valence-electron chi connectivity index (χ2n) is 7.71. The van der Waals surface area contributed by atoms with Gasteiger partial charge in [-0.25, -0.2) is 4.79 Å². The zero-order valence-electron chi connectivity index (χ0n) is 15.3. The van der Waals surface area contributed by atoms with E-state index in [1.165, 1.54) is 0 Å². The molecule has 136 valence electrons. The molecule has 25 heavy (non-hydrogen) atoms. The van der Waals surface area contributed by atoms with Gasteiger partial charge in [0.05, 0.1) is 12.2 Å². The Kier molecular flexibility index (Phi) is 4.52. The van der Waals surface area contributed by atoms with Gasteiger partial charge in [-0.1, -0.05) is 13.0 Å². The molecule has 3 rings (SSSR count). The summed E-state index contributed by atoms with van der Waals surface area (Å²) >= 11 is 0. The molecule has 2 aliphatic rings. The molecule has 1 saturated carbocycles. The number of furan rings is 1. The molecular weight excluding hydrogens is 320 g/mol. The molecule has 1 fully saturated rings. The van der Waals surface area contributed by atoms with Crippen LogP contribution in [0, 0.1) is 24.2 Å². The molecule has 5 heteroatoms. The van der Waals surface area contributed by atoms with Crippen molar-refractivity contribution in [2.24, 2.45) is 17.3 Å². The maximum absolute atomic E-state index is 12.2. The summed E-state index contributed by atoms with van der Waals surface area (Å²) in [5.74, 6) is -0.791. The van der Waals surface area contributed by atoms with E-state index in [4.69, 9.17) is 9.15 Å². The lowest BCUT2D eigenvalue weighted by molar-refractivity contribution is -0.173. The molecule has 1 heterocycles. The Morgan fingerprint density at radius 1 is 1.40 bits per heavy atom. The van der Waals surface area contributed by atoms with Crippen LogP contribution in [-0.2, 0) is 27.2 Å². The summed E-state index contributed by atoms with van der Waals surface area (Å²) in [6.45, 7) is 7.49. The number of fused-ring (bicyclic) bond motifs is 2. The van der Waals surface area contributed by atoms with Crippen molar-refractivity contribution in [3.05, 3.63) is 34.8 Å². The van der Waals surface area contributed by atoms with Crippen molar-refractivity contribution in [2.75, 3.05) is 0 Å². The van der Waals surface area contributed by atoms with Crippen molar-refractivity contribution in [2.45, 2.75) is 59.5 Å². The fourth-order valence-electron chi connectivity index (χ4n) is 4.58. The van der Waals surface area contributed by atoms with Crippen molar-refractivity contribution in [3.8, 4) is 0 Å². The smallest absolute Gasteiger partial charge is 0.333 e. The maximum atomic E-state index is 12.2. The zero-order chi connectivity index (χ0) is 18.4. The van der Waals surface area contributed by atoms with E-state index in [0.717, 1.165) is 29.7 Å². The number of aryl methyl sites for hydroxylation is 1. The highest BCUT2D eigenvalue weighted by Gasteiger charge is 2.55. The number of rotatable bonds is 3. The standard InChI is InChI=1S/C20H26O5/c1-5-11(2)19(23)25-15-7-6-13-8-16-14(12(3)10-24-16)9-20(13,4)17(15)18(21)22/h5,10,13,15,17H,6-9H2,1-4H3,(H,21,22)/b11-5-/t13-,15+,17-,20+/m1/s1. The predicted octanol–water partition coefficient (Wildman–Crippen LogP) is 3.68. The molecule has 1 aromatic rings. The summed E-state index contributed by atoms with van der Waals surface area (Å²) in [6.07, 6.45) is 5.69. The highest BCUT2D eigenvalue weighted by atomic mass is 16.5. The average molecular weight is 346 g/mol. The van der Waals surface area contributed by atoms with Gasteiger partial charge in [-0.3, -0.25) is 4.79 Å². The molecule has 1 aromatic heterocycles. The lowest BCUT2D eigenvalue weighted by Crippen LogP contribution is -2.54. The number of ether oxygens (including phenoxy) is 1. The number of carboxylic acid groups (broad SMARTS) is 1. The first-order valence-electron chi connectivity index (χ1n) is 8.90. The second-order valence-corrected chi connectivity index (χ2v) is 7.71. The van der Waals surface area contributed by atoms with Gasteiger partial charge in [-0.2, -0.15) is 0 Å². The van der Waals surface area contributed by atoms with Gasteiger partial charge in [0.25, 0.3) is 0 Å². The minimum Gasteiger partial charge on any atom is -0.481 e. The topological polar surface area (TPSA) is 76.7 Å². The second kappa shape index (κ2) is 6.36. The van der Waals surface area contributed by atoms with Crippen LogP contribution in [0.2, 0.25) is 0 Å². The zero-order valence-corrected chi connectivity index (χ0v) is 15.3. The molecule has 5 nitrogen and oxygen atoms in total. The van der Waals surface area contributed by atoms with Gasteiger partial charge in [0, 0.05) is 12.0 Å². The van der Waals surface area contributed by atoms with Crippen LogP contribution < -0.4 is 0 Å². The quantitative estimate of drug-likeness (QED) is 0.667. The monoisotopic (exact) mass is 346 g/mol. The number of hydrogen-bond donors (Lipinski definition) is 1. The Bertz CT molecular complexity index is 728. The molecule has 2 aliphatic carbocycles. The van der Waals surface area contributed by atoms with E-state index in [1.807, 2.05) is 13.8 Å². The number of aliphatic carboxylic acids is 1. The van der Waals surface area contributed by atoms with E-state index in [-0.39, 0.29) is 5.92 Å². The normalized spacial score (nSPS) is 31.8.